The van der Waals surface area contributed by atoms with Gasteiger partial charge in [-0.1, -0.05) is 13.8 Å². The molecule has 1 aliphatic heterocycles. The van der Waals surface area contributed by atoms with E-state index in [9.17, 15) is 14.7 Å². The molecule has 0 aromatic carbocycles. The molecule has 2 atom stereocenters. The van der Waals surface area contributed by atoms with Crippen LogP contribution in [0.15, 0.2) is 17.5 Å². The normalized spacial score (nSPS) is 24.9. The zero-order valence-electron chi connectivity index (χ0n) is 12.5. The fourth-order valence-electron chi connectivity index (χ4n) is 2.55. The lowest BCUT2D eigenvalue weighted by atomic mass is 9.89. The minimum Gasteiger partial charge on any atom is -0.478 e. The van der Waals surface area contributed by atoms with Crippen LogP contribution in [0.1, 0.15) is 43.0 Å². The zero-order chi connectivity index (χ0) is 16.1. The van der Waals surface area contributed by atoms with Crippen LogP contribution in [-0.4, -0.2) is 27.5 Å². The molecule has 6 nitrogen and oxygen atoms in total. The molecule has 0 bridgehead atoms. The van der Waals surface area contributed by atoms with Crippen molar-refractivity contribution in [3.63, 3.8) is 0 Å². The molecule has 1 fully saturated rings. The number of rotatable bonds is 3. The predicted octanol–water partition coefficient (Wildman–Crippen LogP) is 2.13. The molecule has 3 N–H and O–H groups in total. The van der Waals surface area contributed by atoms with Gasteiger partial charge in [-0.3, -0.25) is 10.1 Å². The summed E-state index contributed by atoms with van der Waals surface area (Å²) >= 11 is 1.44. The molecule has 2 unspecified atom stereocenters. The van der Waals surface area contributed by atoms with E-state index in [0.29, 0.717) is 5.69 Å². The molecule has 7 heteroatoms. The average molecular weight is 319 g/mol. The van der Waals surface area contributed by atoms with E-state index >= 15 is 0 Å². The summed E-state index contributed by atoms with van der Waals surface area (Å²) in [5, 5.41) is 18.1. The second kappa shape index (κ2) is 5.03. The Morgan fingerprint density at radius 1 is 1.50 bits per heavy atom. The standard InChI is InChI=1S/C15H17N3O3S/c1-7(2)15(3)14(21)17-11(18-15)10-9(13(19)20)6-8-4-5-22-12(8)16-10/h4-7,11,18H,1-3H3,(H,17,21)(H,19,20). The van der Waals surface area contributed by atoms with Crippen molar-refractivity contribution in [3.8, 4) is 0 Å². The van der Waals surface area contributed by atoms with Gasteiger partial charge in [-0.25, -0.2) is 9.78 Å². The van der Waals surface area contributed by atoms with Crippen molar-refractivity contribution in [3.05, 3.63) is 28.8 Å². The summed E-state index contributed by atoms with van der Waals surface area (Å²) < 4.78 is 0. The van der Waals surface area contributed by atoms with Gasteiger partial charge < -0.3 is 10.4 Å². The molecule has 1 aliphatic rings. The number of carbonyl (C=O) groups excluding carboxylic acids is 1. The minimum absolute atomic E-state index is 0.0660. The van der Waals surface area contributed by atoms with Crippen molar-refractivity contribution in [2.45, 2.75) is 32.5 Å². The number of fused-ring (bicyclic) bond motifs is 1. The van der Waals surface area contributed by atoms with Gasteiger partial charge in [0, 0.05) is 5.39 Å². The van der Waals surface area contributed by atoms with Crippen molar-refractivity contribution in [1.82, 2.24) is 15.6 Å². The molecule has 116 valence electrons. The first-order valence-corrected chi connectivity index (χ1v) is 7.91. The second-order valence-electron chi connectivity index (χ2n) is 5.95. The van der Waals surface area contributed by atoms with E-state index < -0.39 is 17.7 Å². The molecule has 22 heavy (non-hydrogen) atoms. The van der Waals surface area contributed by atoms with Gasteiger partial charge >= 0.3 is 5.97 Å². The lowest BCUT2D eigenvalue weighted by Gasteiger charge is -2.26. The van der Waals surface area contributed by atoms with Crippen LogP contribution in [0.4, 0.5) is 0 Å². The molecule has 1 amide bonds. The Labute approximate surface area is 131 Å². The Balaban J connectivity index is 2.08. The zero-order valence-corrected chi connectivity index (χ0v) is 13.3. The number of carboxylic acid groups (broad SMARTS) is 1. The molecule has 3 rings (SSSR count). The molecule has 0 saturated carbocycles. The molecular formula is C15H17N3O3S. The number of pyridine rings is 1. The molecular weight excluding hydrogens is 302 g/mol. The quantitative estimate of drug-likeness (QED) is 0.806. The Bertz CT molecular complexity index is 770. The highest BCUT2D eigenvalue weighted by Gasteiger charge is 2.46. The van der Waals surface area contributed by atoms with Gasteiger partial charge in [0.2, 0.25) is 5.91 Å². The van der Waals surface area contributed by atoms with Crippen LogP contribution in [0.25, 0.3) is 10.2 Å². The molecule has 2 aromatic rings. The van der Waals surface area contributed by atoms with E-state index in [2.05, 4.69) is 15.6 Å². The Morgan fingerprint density at radius 3 is 2.82 bits per heavy atom. The van der Waals surface area contributed by atoms with Crippen LogP contribution >= 0.6 is 11.3 Å². The maximum atomic E-state index is 12.3. The topological polar surface area (TPSA) is 91.3 Å². The van der Waals surface area contributed by atoms with Gasteiger partial charge in [-0.2, -0.15) is 0 Å². The van der Waals surface area contributed by atoms with Crippen LogP contribution in [0.2, 0.25) is 0 Å². The maximum absolute atomic E-state index is 12.3. The summed E-state index contributed by atoms with van der Waals surface area (Å²) in [6.07, 6.45) is -0.600. The number of nitrogens with zero attached hydrogens (tertiary/aromatic N) is 1. The fourth-order valence-corrected chi connectivity index (χ4v) is 3.31. The third-order valence-electron chi connectivity index (χ3n) is 4.32. The highest BCUT2D eigenvalue weighted by molar-refractivity contribution is 7.16. The van der Waals surface area contributed by atoms with Crippen LogP contribution in [-0.2, 0) is 4.79 Å². The average Bonchev–Trinajstić information content (AvgIpc) is 3.02. The first kappa shape index (κ1) is 14.9. The Morgan fingerprint density at radius 2 is 2.23 bits per heavy atom. The van der Waals surface area contributed by atoms with Gasteiger partial charge in [0.25, 0.3) is 0 Å². The van der Waals surface area contributed by atoms with Gasteiger partial charge in [0.1, 0.15) is 11.0 Å². The number of aromatic carboxylic acids is 1. The summed E-state index contributed by atoms with van der Waals surface area (Å²) in [6.45, 7) is 5.71. The van der Waals surface area contributed by atoms with E-state index in [1.807, 2.05) is 32.2 Å². The Hall–Kier alpha value is -1.99. The largest absolute Gasteiger partial charge is 0.478 e. The maximum Gasteiger partial charge on any atom is 0.337 e. The number of aromatic nitrogens is 1. The molecule has 2 aromatic heterocycles. The number of hydrogen-bond donors (Lipinski definition) is 3. The monoisotopic (exact) mass is 319 g/mol. The van der Waals surface area contributed by atoms with Gasteiger partial charge in [-0.15, -0.1) is 11.3 Å². The smallest absolute Gasteiger partial charge is 0.337 e. The Kier molecular flexibility index (Phi) is 3.41. The number of hydrogen-bond acceptors (Lipinski definition) is 5. The summed E-state index contributed by atoms with van der Waals surface area (Å²) in [5.74, 6) is -1.13. The van der Waals surface area contributed by atoms with Gasteiger partial charge in [0.05, 0.1) is 16.8 Å². The van der Waals surface area contributed by atoms with Crippen LogP contribution in [0.5, 0.6) is 0 Å². The molecule has 0 aliphatic carbocycles. The third-order valence-corrected chi connectivity index (χ3v) is 5.14. The summed E-state index contributed by atoms with van der Waals surface area (Å²) in [6, 6.07) is 3.44. The van der Waals surface area contributed by atoms with E-state index in [0.717, 1.165) is 10.2 Å². The van der Waals surface area contributed by atoms with E-state index in [1.54, 1.807) is 6.07 Å². The number of nitrogens with one attached hydrogen (secondary N) is 2. The summed E-state index contributed by atoms with van der Waals surface area (Å²) in [4.78, 5) is 29.0. The van der Waals surface area contributed by atoms with Crippen molar-refractivity contribution >= 4 is 33.4 Å². The number of amides is 1. The van der Waals surface area contributed by atoms with Crippen LogP contribution in [0.3, 0.4) is 0 Å². The van der Waals surface area contributed by atoms with Crippen molar-refractivity contribution in [1.29, 1.82) is 0 Å². The van der Waals surface area contributed by atoms with Crippen LogP contribution in [0, 0.1) is 5.92 Å². The number of thiophene rings is 1. The second-order valence-corrected chi connectivity index (χ2v) is 6.84. The third kappa shape index (κ3) is 2.17. The molecule has 0 spiro atoms. The van der Waals surface area contributed by atoms with Gasteiger partial charge in [0.15, 0.2) is 0 Å². The van der Waals surface area contributed by atoms with E-state index in [1.165, 1.54) is 11.3 Å². The molecule has 3 heterocycles. The summed E-state index contributed by atoms with van der Waals surface area (Å²) in [5.41, 5.74) is -0.288. The lowest BCUT2D eigenvalue weighted by Crippen LogP contribution is -2.48. The minimum atomic E-state index is -1.05. The summed E-state index contributed by atoms with van der Waals surface area (Å²) in [7, 11) is 0. The highest BCUT2D eigenvalue weighted by Crippen LogP contribution is 2.30. The van der Waals surface area contributed by atoms with Crippen molar-refractivity contribution in [2.75, 3.05) is 0 Å². The SMILES string of the molecule is CC(C)C1(C)NC(c2nc3sccc3cc2C(=O)O)NC1=O. The molecule has 0 radical (unpaired) electrons. The fraction of sp³-hybridized carbons (Fsp3) is 0.400. The van der Waals surface area contributed by atoms with E-state index in [-0.39, 0.29) is 17.4 Å². The molecule has 1 saturated heterocycles. The van der Waals surface area contributed by atoms with E-state index in [4.69, 9.17) is 0 Å². The van der Waals surface area contributed by atoms with Crippen LogP contribution < -0.4 is 10.6 Å². The lowest BCUT2D eigenvalue weighted by molar-refractivity contribution is -0.125. The van der Waals surface area contributed by atoms with Crippen molar-refractivity contribution < 1.29 is 14.7 Å². The highest BCUT2D eigenvalue weighted by atomic mass is 32.1. The predicted molar refractivity (Wildman–Crippen MR) is 83.8 cm³/mol. The first-order valence-electron chi connectivity index (χ1n) is 7.03. The first-order chi connectivity index (χ1) is 10.3. The number of carboxylic acids is 1. The number of carbonyl (C=O) groups is 2. The van der Waals surface area contributed by atoms with Gasteiger partial charge in [-0.05, 0) is 30.4 Å². The van der Waals surface area contributed by atoms with Crippen molar-refractivity contribution in [2.24, 2.45) is 5.92 Å².